The van der Waals surface area contributed by atoms with E-state index < -0.39 is 27.6 Å². The van der Waals surface area contributed by atoms with Crippen LogP contribution in [-0.2, 0) is 35.8 Å². The van der Waals surface area contributed by atoms with Crippen molar-refractivity contribution in [3.05, 3.63) is 83.6 Å². The number of hydrogen-bond acceptors (Lipinski definition) is 7. The molecule has 0 aliphatic carbocycles. The number of alkyl halides is 3. The third kappa shape index (κ3) is 5.45. The number of fused-ring (bicyclic) bond motifs is 1. The zero-order chi connectivity index (χ0) is 27.8. The van der Waals surface area contributed by atoms with Crippen molar-refractivity contribution in [2.45, 2.75) is 37.1 Å². The lowest BCUT2D eigenvalue weighted by Gasteiger charge is -2.16. The normalized spacial score (nSPS) is 13.7. The molecule has 3 heterocycles. The maximum absolute atomic E-state index is 14.5. The summed E-state index contributed by atoms with van der Waals surface area (Å²) in [5.74, 6) is -0.554. The molecule has 200 valence electrons. The number of sulfonamides is 1. The molecule has 0 saturated carbocycles. The van der Waals surface area contributed by atoms with Gasteiger partial charge in [0.15, 0.2) is 5.82 Å². The second-order valence-corrected chi connectivity index (χ2v) is 10.6. The molecule has 39 heavy (non-hydrogen) atoms. The average Bonchev–Trinajstić information content (AvgIpc) is 3.55. The predicted octanol–water partition coefficient (Wildman–Crippen LogP) is 4.86. The average molecular weight is 558 g/mol. The second kappa shape index (κ2) is 10.1. The van der Waals surface area contributed by atoms with Gasteiger partial charge in [-0.15, -0.1) is 0 Å². The van der Waals surface area contributed by atoms with E-state index in [1.54, 1.807) is 24.4 Å². The van der Waals surface area contributed by atoms with Crippen LogP contribution in [0.3, 0.4) is 0 Å². The van der Waals surface area contributed by atoms with Crippen LogP contribution < -0.4 is 5.32 Å². The standard InChI is InChI=1S/C25H19F4N7O2S/c26-22-12-31-24(34-23(22)18-11-32-35(13-18)9-1-8-30)33-20-5-2-16-14-36(15-17(16)10-20)39(37,38)21-6-3-19(4-7-21)25(27,28)29/h2-7,10-13H,1,9,14-15H2,(H,31,33,34). The lowest BCUT2D eigenvalue weighted by Crippen LogP contribution is -2.25. The fraction of sp³-hybridized carbons (Fsp3) is 0.200. The van der Waals surface area contributed by atoms with Gasteiger partial charge in [0.2, 0.25) is 16.0 Å². The zero-order valence-electron chi connectivity index (χ0n) is 20.0. The van der Waals surface area contributed by atoms with Gasteiger partial charge in [-0.2, -0.15) is 27.8 Å². The molecule has 1 N–H and O–H groups in total. The van der Waals surface area contributed by atoms with Crippen molar-refractivity contribution in [1.82, 2.24) is 24.1 Å². The highest BCUT2D eigenvalue weighted by Crippen LogP contribution is 2.33. The summed E-state index contributed by atoms with van der Waals surface area (Å²) in [7, 11) is -4.03. The minimum absolute atomic E-state index is 0.0191. The first-order chi connectivity index (χ1) is 18.5. The first kappa shape index (κ1) is 26.3. The Bertz CT molecular complexity index is 1680. The molecule has 4 aromatic rings. The Morgan fingerprint density at radius 3 is 2.51 bits per heavy atom. The minimum Gasteiger partial charge on any atom is -0.324 e. The summed E-state index contributed by atoms with van der Waals surface area (Å²) in [5, 5.41) is 15.8. The summed E-state index contributed by atoms with van der Waals surface area (Å²) >= 11 is 0. The molecular weight excluding hydrogens is 538 g/mol. The molecule has 0 saturated heterocycles. The Hall–Kier alpha value is -4.35. The number of aryl methyl sites for hydroxylation is 1. The number of hydrogen-bond donors (Lipinski definition) is 1. The van der Waals surface area contributed by atoms with Gasteiger partial charge in [0.1, 0.15) is 5.69 Å². The van der Waals surface area contributed by atoms with Crippen LogP contribution in [0.4, 0.5) is 29.2 Å². The Labute approximate surface area is 220 Å². The first-order valence-corrected chi connectivity index (χ1v) is 13.0. The van der Waals surface area contributed by atoms with Crippen LogP contribution in [0.2, 0.25) is 0 Å². The van der Waals surface area contributed by atoms with Crippen LogP contribution in [0.25, 0.3) is 11.3 Å². The van der Waals surface area contributed by atoms with Gasteiger partial charge >= 0.3 is 6.18 Å². The lowest BCUT2D eigenvalue weighted by atomic mass is 10.1. The molecule has 0 radical (unpaired) electrons. The summed E-state index contributed by atoms with van der Waals surface area (Å²) in [5.41, 5.74) is 1.46. The fourth-order valence-electron chi connectivity index (χ4n) is 4.11. The highest BCUT2D eigenvalue weighted by Gasteiger charge is 2.33. The van der Waals surface area contributed by atoms with Crippen molar-refractivity contribution in [1.29, 1.82) is 5.26 Å². The number of rotatable bonds is 7. The molecule has 5 rings (SSSR count). The van der Waals surface area contributed by atoms with Crippen molar-refractivity contribution in [3.63, 3.8) is 0 Å². The van der Waals surface area contributed by atoms with E-state index in [4.69, 9.17) is 5.26 Å². The van der Waals surface area contributed by atoms with Crippen molar-refractivity contribution in [2.24, 2.45) is 0 Å². The molecular formula is C25H19F4N7O2S. The zero-order valence-corrected chi connectivity index (χ0v) is 20.8. The monoisotopic (exact) mass is 557 g/mol. The van der Waals surface area contributed by atoms with Crippen LogP contribution in [0, 0.1) is 17.1 Å². The minimum atomic E-state index is -4.56. The number of benzene rings is 2. The van der Waals surface area contributed by atoms with E-state index >= 15 is 0 Å². The van der Waals surface area contributed by atoms with E-state index in [1.807, 2.05) is 6.07 Å². The summed E-state index contributed by atoms with van der Waals surface area (Å²) in [6.45, 7) is 0.437. The Balaban J connectivity index is 1.32. The van der Waals surface area contributed by atoms with Gasteiger partial charge in [-0.3, -0.25) is 4.68 Å². The largest absolute Gasteiger partial charge is 0.416 e. The van der Waals surface area contributed by atoms with E-state index in [9.17, 15) is 26.0 Å². The highest BCUT2D eigenvalue weighted by molar-refractivity contribution is 7.89. The molecule has 1 aliphatic heterocycles. The smallest absolute Gasteiger partial charge is 0.324 e. The van der Waals surface area contributed by atoms with Crippen molar-refractivity contribution >= 4 is 21.7 Å². The summed E-state index contributed by atoms with van der Waals surface area (Å²) in [6.07, 6.45) is -0.281. The molecule has 1 aliphatic rings. The number of nitrogens with one attached hydrogen (secondary N) is 1. The van der Waals surface area contributed by atoms with Crippen LogP contribution in [0.1, 0.15) is 23.1 Å². The maximum atomic E-state index is 14.5. The fourth-order valence-corrected chi connectivity index (χ4v) is 5.50. The van der Waals surface area contributed by atoms with E-state index in [0.717, 1.165) is 36.0 Å². The van der Waals surface area contributed by atoms with E-state index in [1.165, 1.54) is 15.2 Å². The maximum Gasteiger partial charge on any atom is 0.416 e. The second-order valence-electron chi connectivity index (χ2n) is 8.69. The van der Waals surface area contributed by atoms with E-state index in [0.29, 0.717) is 23.4 Å². The van der Waals surface area contributed by atoms with Crippen LogP contribution in [-0.4, -0.2) is 32.5 Å². The quantitative estimate of drug-likeness (QED) is 0.323. The Morgan fingerprint density at radius 2 is 1.79 bits per heavy atom. The van der Waals surface area contributed by atoms with Gasteiger partial charge < -0.3 is 5.32 Å². The van der Waals surface area contributed by atoms with Crippen molar-refractivity contribution in [2.75, 3.05) is 5.32 Å². The van der Waals surface area contributed by atoms with Crippen LogP contribution >= 0.6 is 0 Å². The third-order valence-corrected chi connectivity index (χ3v) is 7.88. The summed E-state index contributed by atoms with van der Waals surface area (Å²) < 4.78 is 81.8. The predicted molar refractivity (Wildman–Crippen MR) is 131 cm³/mol. The number of halogens is 4. The number of nitrogens with zero attached hydrogens (tertiary/aromatic N) is 6. The topological polar surface area (TPSA) is 117 Å². The van der Waals surface area contributed by atoms with E-state index in [2.05, 4.69) is 20.4 Å². The molecule has 0 spiro atoms. The van der Waals surface area contributed by atoms with Gasteiger partial charge in [-0.05, 0) is 47.5 Å². The van der Waals surface area contributed by atoms with Gasteiger partial charge in [-0.1, -0.05) is 6.07 Å². The number of nitriles is 1. The SMILES string of the molecule is N#CCCn1cc(-c2nc(Nc3ccc4c(c3)CN(S(=O)(=O)c3ccc(C(F)(F)F)cc3)C4)ncc2F)cn1. The molecule has 14 heteroatoms. The van der Waals surface area contributed by atoms with Gasteiger partial charge in [0.25, 0.3) is 0 Å². The Kier molecular flexibility index (Phi) is 6.79. The molecule has 0 amide bonds. The molecule has 2 aromatic heterocycles. The van der Waals surface area contributed by atoms with E-state index in [-0.39, 0.29) is 36.0 Å². The molecule has 0 atom stereocenters. The van der Waals surface area contributed by atoms with Crippen LogP contribution in [0.5, 0.6) is 0 Å². The van der Waals surface area contributed by atoms with Gasteiger partial charge in [0.05, 0.1) is 41.9 Å². The molecule has 0 unspecified atom stereocenters. The molecule has 0 bridgehead atoms. The lowest BCUT2D eigenvalue weighted by molar-refractivity contribution is -0.137. The Morgan fingerprint density at radius 1 is 1.05 bits per heavy atom. The van der Waals surface area contributed by atoms with Crippen molar-refractivity contribution < 1.29 is 26.0 Å². The molecule has 0 fully saturated rings. The highest BCUT2D eigenvalue weighted by atomic mass is 32.2. The summed E-state index contributed by atoms with van der Waals surface area (Å²) in [4.78, 5) is 7.98. The summed E-state index contributed by atoms with van der Waals surface area (Å²) in [6, 6.07) is 10.5. The number of aromatic nitrogens is 4. The van der Waals surface area contributed by atoms with Crippen LogP contribution in [0.15, 0.2) is 66.0 Å². The van der Waals surface area contributed by atoms with Gasteiger partial charge in [-0.25, -0.2) is 22.8 Å². The third-order valence-electron chi connectivity index (χ3n) is 6.08. The first-order valence-electron chi connectivity index (χ1n) is 11.5. The number of anilines is 2. The molecule has 9 nitrogen and oxygen atoms in total. The van der Waals surface area contributed by atoms with Crippen molar-refractivity contribution in [3.8, 4) is 17.3 Å². The van der Waals surface area contributed by atoms with Gasteiger partial charge in [0, 0.05) is 30.5 Å². The molecule has 2 aromatic carbocycles.